The Kier molecular flexibility index (Phi) is 3.83. The van der Waals surface area contributed by atoms with E-state index in [9.17, 15) is 5.11 Å². The van der Waals surface area contributed by atoms with Gasteiger partial charge in [0.2, 0.25) is 0 Å². The highest BCUT2D eigenvalue weighted by Gasteiger charge is 2.25. The van der Waals surface area contributed by atoms with Gasteiger partial charge in [-0.3, -0.25) is 0 Å². The summed E-state index contributed by atoms with van der Waals surface area (Å²) in [5, 5.41) is 20.7. The number of hydrogen-bond acceptors (Lipinski definition) is 3. The third-order valence-corrected chi connectivity index (χ3v) is 4.92. The van der Waals surface area contributed by atoms with Crippen LogP contribution < -0.4 is 0 Å². The highest BCUT2D eigenvalue weighted by Crippen LogP contribution is 2.36. The maximum atomic E-state index is 9.71. The highest BCUT2D eigenvalue weighted by atomic mass is 16.3. The Hall–Kier alpha value is -2.20. The van der Waals surface area contributed by atoms with Crippen molar-refractivity contribution in [3.05, 3.63) is 53.9 Å². The van der Waals surface area contributed by atoms with E-state index in [0.29, 0.717) is 5.92 Å². The van der Waals surface area contributed by atoms with E-state index < -0.39 is 0 Å². The molecule has 4 nitrogen and oxygen atoms in total. The molecule has 4 rings (SSSR count). The molecule has 0 bridgehead atoms. The van der Waals surface area contributed by atoms with Crippen LogP contribution in [0.15, 0.2) is 42.5 Å². The van der Waals surface area contributed by atoms with Crippen LogP contribution in [0.1, 0.15) is 49.4 Å². The van der Waals surface area contributed by atoms with Gasteiger partial charge in [0, 0.05) is 11.3 Å². The lowest BCUT2D eigenvalue weighted by atomic mass is 9.86. The van der Waals surface area contributed by atoms with Crippen LogP contribution >= 0.6 is 0 Å². The highest BCUT2D eigenvalue weighted by molar-refractivity contribution is 5.90. The monoisotopic (exact) mass is 307 g/mol. The first-order valence-electron chi connectivity index (χ1n) is 8.42. The van der Waals surface area contributed by atoms with Crippen LogP contribution in [0.25, 0.3) is 16.5 Å². The van der Waals surface area contributed by atoms with Gasteiger partial charge in [-0.05, 0) is 24.3 Å². The van der Waals surface area contributed by atoms with Crippen molar-refractivity contribution >= 4 is 10.8 Å². The maximum Gasteiger partial charge on any atom is 0.112 e. The van der Waals surface area contributed by atoms with Gasteiger partial charge >= 0.3 is 0 Å². The van der Waals surface area contributed by atoms with Crippen LogP contribution in [0.5, 0.6) is 0 Å². The predicted octanol–water partition coefficient (Wildman–Crippen LogP) is 3.96. The number of aromatic nitrogens is 3. The zero-order chi connectivity index (χ0) is 15.6. The number of nitrogens with zero attached hydrogens (tertiary/aromatic N) is 3. The van der Waals surface area contributed by atoms with Crippen molar-refractivity contribution in [2.75, 3.05) is 0 Å². The predicted molar refractivity (Wildman–Crippen MR) is 90.6 cm³/mol. The number of fused-ring (bicyclic) bond motifs is 1. The molecule has 1 fully saturated rings. The number of hydrogen-bond donors (Lipinski definition) is 1. The fourth-order valence-corrected chi connectivity index (χ4v) is 3.79. The molecule has 2 aromatic carbocycles. The molecule has 1 N–H and O–H groups in total. The summed E-state index contributed by atoms with van der Waals surface area (Å²) in [7, 11) is 0. The van der Waals surface area contributed by atoms with Gasteiger partial charge in [-0.1, -0.05) is 60.9 Å². The second-order valence-electron chi connectivity index (χ2n) is 6.32. The minimum atomic E-state index is -0.0450. The largest absolute Gasteiger partial charge is 0.390 e. The Balaban J connectivity index is 1.89. The first-order valence-corrected chi connectivity index (χ1v) is 8.42. The molecular formula is C19H21N3O. The molecule has 118 valence electrons. The zero-order valence-corrected chi connectivity index (χ0v) is 13.2. The fourth-order valence-electron chi connectivity index (χ4n) is 3.79. The lowest BCUT2D eigenvalue weighted by Gasteiger charge is -2.23. The topological polar surface area (TPSA) is 50.9 Å². The standard InChI is InChI=1S/C19H21N3O/c23-13-17-19(15-8-2-1-3-9-15)22(21-20-17)18-12-6-10-14-7-4-5-11-16(14)18/h4-7,10-12,15,23H,1-3,8-9,13H2. The molecule has 1 aliphatic rings. The van der Waals surface area contributed by atoms with Crippen LogP contribution in [0.3, 0.4) is 0 Å². The van der Waals surface area contributed by atoms with Crippen LogP contribution in [0.4, 0.5) is 0 Å². The normalized spacial score (nSPS) is 16.0. The molecule has 0 unspecified atom stereocenters. The van der Waals surface area contributed by atoms with E-state index in [4.69, 9.17) is 0 Å². The Morgan fingerprint density at radius 2 is 1.78 bits per heavy atom. The van der Waals surface area contributed by atoms with E-state index in [1.54, 1.807) is 0 Å². The molecule has 0 amide bonds. The molecule has 23 heavy (non-hydrogen) atoms. The Morgan fingerprint density at radius 3 is 2.61 bits per heavy atom. The van der Waals surface area contributed by atoms with Crippen molar-refractivity contribution in [2.45, 2.75) is 44.6 Å². The summed E-state index contributed by atoms with van der Waals surface area (Å²) in [5.41, 5.74) is 2.88. The maximum absolute atomic E-state index is 9.71. The van der Waals surface area contributed by atoms with E-state index in [1.807, 2.05) is 4.68 Å². The summed E-state index contributed by atoms with van der Waals surface area (Å²) in [6.45, 7) is -0.0450. The second-order valence-corrected chi connectivity index (χ2v) is 6.32. The first-order chi connectivity index (χ1) is 11.4. The summed E-state index contributed by atoms with van der Waals surface area (Å²) in [4.78, 5) is 0. The van der Waals surface area contributed by atoms with Gasteiger partial charge in [-0.15, -0.1) is 5.10 Å². The first kappa shape index (κ1) is 14.4. The molecule has 0 atom stereocenters. The van der Waals surface area contributed by atoms with Crippen molar-refractivity contribution in [1.29, 1.82) is 0 Å². The number of benzene rings is 2. The number of rotatable bonds is 3. The summed E-state index contributed by atoms with van der Waals surface area (Å²) in [6, 6.07) is 14.6. The van der Waals surface area contributed by atoms with Gasteiger partial charge in [0.05, 0.1) is 18.0 Å². The van der Waals surface area contributed by atoms with Gasteiger partial charge in [-0.2, -0.15) is 0 Å². The summed E-state index contributed by atoms with van der Waals surface area (Å²) in [6.07, 6.45) is 6.11. The van der Waals surface area contributed by atoms with Gasteiger partial charge in [0.25, 0.3) is 0 Å². The molecule has 0 aliphatic heterocycles. The van der Waals surface area contributed by atoms with Crippen molar-refractivity contribution in [1.82, 2.24) is 15.0 Å². The smallest absolute Gasteiger partial charge is 0.112 e. The van der Waals surface area contributed by atoms with Crippen molar-refractivity contribution < 1.29 is 5.11 Å². The molecule has 4 heteroatoms. The van der Waals surface area contributed by atoms with E-state index >= 15 is 0 Å². The molecule has 1 aliphatic carbocycles. The SMILES string of the molecule is OCc1nnn(-c2cccc3ccccc23)c1C1CCCCC1. The third-order valence-electron chi connectivity index (χ3n) is 4.92. The lowest BCUT2D eigenvalue weighted by Crippen LogP contribution is -2.13. The molecule has 0 spiro atoms. The number of aliphatic hydroxyl groups excluding tert-OH is 1. The molecule has 0 saturated heterocycles. The minimum Gasteiger partial charge on any atom is -0.390 e. The molecule has 0 radical (unpaired) electrons. The Bertz CT molecular complexity index is 813. The van der Waals surface area contributed by atoms with Gasteiger partial charge in [0.15, 0.2) is 0 Å². The molecule has 1 saturated carbocycles. The molecule has 1 aromatic heterocycles. The number of aliphatic hydroxyl groups is 1. The Morgan fingerprint density at radius 1 is 1.00 bits per heavy atom. The van der Waals surface area contributed by atoms with Crippen molar-refractivity contribution in [3.8, 4) is 5.69 Å². The molecule has 1 heterocycles. The van der Waals surface area contributed by atoms with E-state index in [0.717, 1.165) is 29.9 Å². The van der Waals surface area contributed by atoms with Crippen LogP contribution in [-0.4, -0.2) is 20.1 Å². The summed E-state index contributed by atoms with van der Waals surface area (Å²) < 4.78 is 1.96. The van der Waals surface area contributed by atoms with Crippen molar-refractivity contribution in [2.24, 2.45) is 0 Å². The lowest BCUT2D eigenvalue weighted by molar-refractivity contribution is 0.273. The average Bonchev–Trinajstić information content (AvgIpc) is 3.06. The molecule has 3 aromatic rings. The quantitative estimate of drug-likeness (QED) is 0.797. The average molecular weight is 307 g/mol. The second kappa shape index (κ2) is 6.13. The Labute approximate surface area is 135 Å². The van der Waals surface area contributed by atoms with E-state index in [1.165, 1.54) is 30.0 Å². The summed E-state index contributed by atoms with van der Waals surface area (Å²) in [5.74, 6) is 0.444. The third kappa shape index (κ3) is 2.53. The van der Waals surface area contributed by atoms with Crippen LogP contribution in [-0.2, 0) is 6.61 Å². The van der Waals surface area contributed by atoms with Crippen LogP contribution in [0, 0.1) is 0 Å². The van der Waals surface area contributed by atoms with Gasteiger partial charge in [0.1, 0.15) is 5.69 Å². The molecular weight excluding hydrogens is 286 g/mol. The minimum absolute atomic E-state index is 0.0450. The van der Waals surface area contributed by atoms with Gasteiger partial charge in [-0.25, -0.2) is 4.68 Å². The van der Waals surface area contributed by atoms with E-state index in [-0.39, 0.29) is 6.61 Å². The van der Waals surface area contributed by atoms with E-state index in [2.05, 4.69) is 52.8 Å². The van der Waals surface area contributed by atoms with Crippen LogP contribution in [0.2, 0.25) is 0 Å². The van der Waals surface area contributed by atoms with Gasteiger partial charge < -0.3 is 5.11 Å². The van der Waals surface area contributed by atoms with Crippen molar-refractivity contribution in [3.63, 3.8) is 0 Å². The fraction of sp³-hybridized carbons (Fsp3) is 0.368. The zero-order valence-electron chi connectivity index (χ0n) is 13.2. The summed E-state index contributed by atoms with van der Waals surface area (Å²) >= 11 is 0.